The molecule has 0 aromatic carbocycles. The van der Waals surface area contributed by atoms with E-state index in [0.717, 1.165) is 89.9 Å². The molecule has 0 bridgehead atoms. The van der Waals surface area contributed by atoms with Crippen LogP contribution in [0.2, 0.25) is 0 Å². The third kappa shape index (κ3) is 35.2. The van der Waals surface area contributed by atoms with Gasteiger partial charge in [-0.3, -0.25) is 4.79 Å². The topological polar surface area (TPSA) is 307 Å². The molecule has 17 unspecified atom stereocenters. The summed E-state index contributed by atoms with van der Waals surface area (Å²) in [5.41, 5.74) is 0. The maximum atomic E-state index is 13.4. The molecular formula is C72H127NO18. The molecule has 12 N–H and O–H groups in total. The van der Waals surface area contributed by atoms with Gasteiger partial charge >= 0.3 is 0 Å². The van der Waals surface area contributed by atoms with Crippen molar-refractivity contribution in [2.45, 2.75) is 349 Å². The van der Waals surface area contributed by atoms with E-state index in [4.69, 9.17) is 28.4 Å². The van der Waals surface area contributed by atoms with Crippen LogP contribution in [0, 0.1) is 0 Å². The molecule has 19 nitrogen and oxygen atoms in total. The highest BCUT2D eigenvalue weighted by Gasteiger charge is 2.53. The van der Waals surface area contributed by atoms with Crippen LogP contribution in [0.3, 0.4) is 0 Å². The summed E-state index contributed by atoms with van der Waals surface area (Å²) in [6.45, 7) is 1.68. The minimum atomic E-state index is -1.97. The van der Waals surface area contributed by atoms with Gasteiger partial charge in [-0.25, -0.2) is 0 Å². The first-order chi connectivity index (χ1) is 44.3. The van der Waals surface area contributed by atoms with E-state index in [0.29, 0.717) is 12.8 Å². The summed E-state index contributed by atoms with van der Waals surface area (Å²) in [5, 5.41) is 121. The Labute approximate surface area is 547 Å². The Morgan fingerprint density at radius 3 is 1.19 bits per heavy atom. The highest BCUT2D eigenvalue weighted by atomic mass is 16.8. The van der Waals surface area contributed by atoms with E-state index in [1.807, 2.05) is 0 Å². The molecular weight excluding hydrogens is 1170 g/mol. The molecule has 0 spiro atoms. The average Bonchev–Trinajstić information content (AvgIpc) is 0.871. The number of aliphatic hydroxyl groups excluding tert-OH is 11. The molecule has 528 valence electrons. The van der Waals surface area contributed by atoms with Gasteiger partial charge in [0.2, 0.25) is 5.91 Å². The smallest absolute Gasteiger partial charge is 0.220 e. The number of aliphatic hydroxyl groups is 11. The molecule has 3 aliphatic rings. The molecule has 0 radical (unpaired) electrons. The van der Waals surface area contributed by atoms with E-state index >= 15 is 0 Å². The highest BCUT2D eigenvalue weighted by Crippen LogP contribution is 2.33. The number of ether oxygens (including phenoxy) is 6. The number of carbonyl (C=O) groups excluding carboxylic acids is 1. The van der Waals surface area contributed by atoms with E-state index in [1.165, 1.54) is 122 Å². The highest BCUT2D eigenvalue weighted by molar-refractivity contribution is 5.76. The summed E-state index contributed by atoms with van der Waals surface area (Å²) in [6.07, 6.45) is 39.9. The van der Waals surface area contributed by atoms with Gasteiger partial charge in [-0.15, -0.1) is 0 Å². The number of amides is 1. The molecule has 3 fully saturated rings. The summed E-state index contributed by atoms with van der Waals surface area (Å²) >= 11 is 0. The first kappa shape index (κ1) is 82.5. The predicted molar refractivity (Wildman–Crippen MR) is 355 cm³/mol. The largest absolute Gasteiger partial charge is 0.394 e. The van der Waals surface area contributed by atoms with Crippen LogP contribution in [-0.4, -0.2) is 193 Å². The Kier molecular flexibility index (Phi) is 48.4. The van der Waals surface area contributed by atoms with E-state index < -0.39 is 124 Å². The van der Waals surface area contributed by atoms with Crippen LogP contribution in [-0.2, 0) is 33.2 Å². The Hall–Kier alpha value is -2.77. The van der Waals surface area contributed by atoms with Gasteiger partial charge in [0.25, 0.3) is 0 Å². The van der Waals surface area contributed by atoms with Gasteiger partial charge in [0, 0.05) is 6.42 Å². The number of rotatable bonds is 54. The fourth-order valence-corrected chi connectivity index (χ4v) is 11.8. The van der Waals surface area contributed by atoms with Crippen molar-refractivity contribution in [1.82, 2.24) is 5.32 Å². The lowest BCUT2D eigenvalue weighted by atomic mass is 9.96. The van der Waals surface area contributed by atoms with Crippen molar-refractivity contribution in [2.75, 3.05) is 26.4 Å². The molecule has 0 aliphatic carbocycles. The summed E-state index contributed by atoms with van der Waals surface area (Å²) in [4.78, 5) is 13.4. The second-order valence-electron chi connectivity index (χ2n) is 25.3. The third-order valence-corrected chi connectivity index (χ3v) is 17.5. The van der Waals surface area contributed by atoms with Crippen molar-refractivity contribution in [3.63, 3.8) is 0 Å². The summed E-state index contributed by atoms with van der Waals surface area (Å²) in [7, 11) is 0. The van der Waals surface area contributed by atoms with Crippen molar-refractivity contribution in [3.05, 3.63) is 72.9 Å². The molecule has 3 saturated heterocycles. The first-order valence-electron chi connectivity index (χ1n) is 35.7. The van der Waals surface area contributed by atoms with Crippen LogP contribution in [0.1, 0.15) is 245 Å². The number of nitrogens with one attached hydrogen (secondary N) is 1. The van der Waals surface area contributed by atoms with Crippen LogP contribution in [0.25, 0.3) is 0 Å². The van der Waals surface area contributed by atoms with E-state index in [9.17, 15) is 61.0 Å². The van der Waals surface area contributed by atoms with Gasteiger partial charge in [-0.1, -0.05) is 247 Å². The Morgan fingerprint density at radius 2 is 0.758 bits per heavy atom. The zero-order chi connectivity index (χ0) is 66.1. The maximum absolute atomic E-state index is 13.4. The molecule has 3 heterocycles. The lowest BCUT2D eigenvalue weighted by Crippen LogP contribution is -2.66. The zero-order valence-corrected chi connectivity index (χ0v) is 55.8. The van der Waals surface area contributed by atoms with Crippen molar-refractivity contribution < 1.29 is 89.4 Å². The van der Waals surface area contributed by atoms with Gasteiger partial charge in [0.1, 0.15) is 73.2 Å². The van der Waals surface area contributed by atoms with Crippen LogP contribution >= 0.6 is 0 Å². The van der Waals surface area contributed by atoms with Gasteiger partial charge in [0.15, 0.2) is 18.9 Å². The molecule has 3 rings (SSSR count). The van der Waals surface area contributed by atoms with Crippen molar-refractivity contribution in [2.24, 2.45) is 0 Å². The van der Waals surface area contributed by atoms with Crippen LogP contribution < -0.4 is 5.32 Å². The SMILES string of the molecule is CC/C=C\C/C=C\C/C=C\C/C=C\C/C=C\C/C=C\CCCCCCCCCCCCCCCCC(=O)NC(COC1OC(CO)C(OC2OC(CO)C(OC3OC(CO)C(O)C(O)C3O)C(O)C2O)C(O)C1O)C(O)CCCCCCCCCCCCCCC. The second kappa shape index (κ2) is 53.4. The summed E-state index contributed by atoms with van der Waals surface area (Å²) in [5.74, 6) is -0.245. The molecule has 1 amide bonds. The zero-order valence-electron chi connectivity index (χ0n) is 55.8. The third-order valence-electron chi connectivity index (χ3n) is 17.5. The number of hydrogen-bond acceptors (Lipinski definition) is 18. The van der Waals surface area contributed by atoms with Gasteiger partial charge < -0.3 is 89.9 Å². The number of unbranched alkanes of at least 4 members (excludes halogenated alkanes) is 26. The summed E-state index contributed by atoms with van der Waals surface area (Å²) in [6, 6.07) is -0.890. The van der Waals surface area contributed by atoms with E-state index in [1.54, 1.807) is 0 Å². The Morgan fingerprint density at radius 1 is 0.407 bits per heavy atom. The molecule has 19 heteroatoms. The lowest BCUT2D eigenvalue weighted by Gasteiger charge is -2.48. The standard InChI is InChI=1S/C72H127NO18/c1-3-5-7-9-11-13-15-17-18-19-20-21-22-23-24-25-26-27-28-29-30-31-32-33-34-35-36-38-40-42-44-46-48-50-60(78)73-55(56(77)49-47-45-43-41-39-37-16-14-12-10-8-6-4-2)54-86-70-66(84)63(81)68(58(52-75)88-70)91-72-67(85)64(82)69(59(53-76)89-72)90-71-65(83)62(80)61(79)57(51-74)87-71/h5,7,11,13,17-18,20-21,23-24,26-27,55-59,61-72,74-77,79-85H,3-4,6,8-10,12,14-16,19,22,25,28-54H2,1-2H3,(H,73,78)/b7-5-,13-11-,18-17-,21-20-,24-23-,27-26-. The van der Waals surface area contributed by atoms with Gasteiger partial charge in [0.05, 0.1) is 38.6 Å². The number of allylic oxidation sites excluding steroid dienone is 12. The molecule has 91 heavy (non-hydrogen) atoms. The van der Waals surface area contributed by atoms with Crippen molar-refractivity contribution >= 4 is 5.91 Å². The van der Waals surface area contributed by atoms with Crippen LogP contribution in [0.5, 0.6) is 0 Å². The van der Waals surface area contributed by atoms with Gasteiger partial charge in [-0.05, 0) is 64.2 Å². The van der Waals surface area contributed by atoms with Gasteiger partial charge in [-0.2, -0.15) is 0 Å². The predicted octanol–water partition coefficient (Wildman–Crippen LogP) is 9.72. The second-order valence-corrected chi connectivity index (χ2v) is 25.3. The summed E-state index contributed by atoms with van der Waals surface area (Å²) < 4.78 is 34.4. The van der Waals surface area contributed by atoms with Crippen molar-refractivity contribution in [3.8, 4) is 0 Å². The molecule has 0 aromatic rings. The first-order valence-corrected chi connectivity index (χ1v) is 35.7. The fourth-order valence-electron chi connectivity index (χ4n) is 11.8. The fraction of sp³-hybridized carbons (Fsp3) is 0.819. The molecule has 3 aliphatic heterocycles. The van der Waals surface area contributed by atoms with E-state index in [-0.39, 0.29) is 18.9 Å². The normalized spacial score (nSPS) is 28.3. The van der Waals surface area contributed by atoms with Crippen LogP contribution in [0.4, 0.5) is 0 Å². The maximum Gasteiger partial charge on any atom is 0.220 e. The van der Waals surface area contributed by atoms with E-state index in [2.05, 4.69) is 92.1 Å². The number of carbonyl (C=O) groups is 1. The molecule has 0 saturated carbocycles. The monoisotopic (exact) mass is 1290 g/mol. The van der Waals surface area contributed by atoms with Crippen molar-refractivity contribution in [1.29, 1.82) is 0 Å². The molecule has 17 atom stereocenters. The van der Waals surface area contributed by atoms with Crippen LogP contribution in [0.15, 0.2) is 72.9 Å². The Balaban J connectivity index is 1.35. The Bertz CT molecular complexity index is 1930. The quantitative estimate of drug-likeness (QED) is 0.0199. The molecule has 0 aromatic heterocycles. The average molecular weight is 1290 g/mol. The lowest BCUT2D eigenvalue weighted by molar-refractivity contribution is -0.379. The minimum absolute atomic E-state index is 0.245. The number of hydrogen-bond donors (Lipinski definition) is 12. The minimum Gasteiger partial charge on any atom is -0.394 e.